The van der Waals surface area contributed by atoms with Crippen LogP contribution in [0.3, 0.4) is 0 Å². The van der Waals surface area contributed by atoms with Gasteiger partial charge in [0.25, 0.3) is 0 Å². The van der Waals surface area contributed by atoms with Gasteiger partial charge in [0.15, 0.2) is 10.9 Å². The van der Waals surface area contributed by atoms with Crippen LogP contribution in [0.15, 0.2) is 16.4 Å². The number of ketones is 1. The van der Waals surface area contributed by atoms with E-state index in [2.05, 4.69) is 9.97 Å². The highest BCUT2D eigenvalue weighted by Crippen LogP contribution is 2.18. The van der Waals surface area contributed by atoms with Crippen LogP contribution in [0.4, 0.5) is 0 Å². The van der Waals surface area contributed by atoms with Crippen molar-refractivity contribution in [3.8, 4) is 6.07 Å². The highest BCUT2D eigenvalue weighted by molar-refractivity contribution is 7.99. The Morgan fingerprint density at radius 3 is 2.26 bits per heavy atom. The fourth-order valence-corrected chi connectivity index (χ4v) is 2.19. The summed E-state index contributed by atoms with van der Waals surface area (Å²) in [6, 6.07) is 1.82. The third kappa shape index (κ3) is 3.80. The van der Waals surface area contributed by atoms with Gasteiger partial charge in [-0.1, -0.05) is 11.8 Å². The summed E-state index contributed by atoms with van der Waals surface area (Å²) in [5.41, 5.74) is 8.57. The molecule has 1 rings (SSSR count). The lowest BCUT2D eigenvalue weighted by molar-refractivity contribution is -0.112. The molecule has 0 radical (unpaired) electrons. The first-order valence-corrected chi connectivity index (χ1v) is 6.69. The minimum atomic E-state index is -0.299. The molecule has 0 fully saturated rings. The number of rotatable bonds is 4. The van der Waals surface area contributed by atoms with Crippen molar-refractivity contribution >= 4 is 17.5 Å². The van der Waals surface area contributed by atoms with Crippen LogP contribution in [0.1, 0.15) is 23.9 Å². The van der Waals surface area contributed by atoms with Gasteiger partial charge in [0.1, 0.15) is 11.6 Å². The van der Waals surface area contributed by atoms with Crippen molar-refractivity contribution in [2.75, 3.05) is 5.75 Å². The van der Waals surface area contributed by atoms with Gasteiger partial charge in [-0.2, -0.15) is 5.26 Å². The molecule has 6 heteroatoms. The summed E-state index contributed by atoms with van der Waals surface area (Å²) in [7, 11) is 0. The Morgan fingerprint density at radius 1 is 1.32 bits per heavy atom. The zero-order chi connectivity index (χ0) is 14.6. The molecule has 100 valence electrons. The molecule has 5 nitrogen and oxygen atoms in total. The molecule has 19 heavy (non-hydrogen) atoms. The maximum absolute atomic E-state index is 11.8. The van der Waals surface area contributed by atoms with Gasteiger partial charge in [-0.15, -0.1) is 0 Å². The lowest BCUT2D eigenvalue weighted by atomic mass is 10.2. The van der Waals surface area contributed by atoms with Crippen molar-refractivity contribution in [3.63, 3.8) is 0 Å². The van der Waals surface area contributed by atoms with E-state index in [0.717, 1.165) is 17.0 Å². The Morgan fingerprint density at radius 2 is 1.84 bits per heavy atom. The van der Waals surface area contributed by atoms with Crippen molar-refractivity contribution in [1.29, 1.82) is 5.26 Å². The third-order valence-electron chi connectivity index (χ3n) is 2.73. The number of aryl methyl sites for hydroxylation is 2. The Bertz CT molecular complexity index is 560. The molecule has 0 aliphatic rings. The predicted octanol–water partition coefficient (Wildman–Crippen LogP) is 1.82. The number of nitrogens with zero attached hydrogens (tertiary/aromatic N) is 3. The average Bonchev–Trinajstić information content (AvgIpc) is 2.33. The van der Waals surface area contributed by atoms with E-state index in [0.29, 0.717) is 5.16 Å². The molecule has 0 saturated carbocycles. The maximum atomic E-state index is 11.8. The summed E-state index contributed by atoms with van der Waals surface area (Å²) in [6.45, 7) is 7.30. The zero-order valence-electron chi connectivity index (χ0n) is 11.4. The quantitative estimate of drug-likeness (QED) is 0.390. The molecular weight excluding hydrogens is 260 g/mol. The van der Waals surface area contributed by atoms with Crippen molar-refractivity contribution in [2.45, 2.75) is 32.9 Å². The van der Waals surface area contributed by atoms with Crippen LogP contribution >= 0.6 is 11.8 Å². The molecule has 0 aliphatic heterocycles. The maximum Gasteiger partial charge on any atom is 0.188 e. The number of hydrogen-bond donors (Lipinski definition) is 1. The number of allylic oxidation sites excluding steroid dienone is 2. The number of carbonyl (C=O) groups excluding carboxylic acids is 1. The third-order valence-corrected chi connectivity index (χ3v) is 3.58. The Balaban J connectivity index is 2.82. The first-order valence-electron chi connectivity index (χ1n) is 5.71. The highest BCUT2D eigenvalue weighted by Gasteiger charge is 2.13. The topological polar surface area (TPSA) is 92.7 Å². The molecule has 0 atom stereocenters. The summed E-state index contributed by atoms with van der Waals surface area (Å²) in [6.07, 6.45) is 0. The Hall–Kier alpha value is -1.87. The van der Waals surface area contributed by atoms with Gasteiger partial charge in [0.05, 0.1) is 5.75 Å². The highest BCUT2D eigenvalue weighted by atomic mass is 32.2. The number of nitriles is 1. The van der Waals surface area contributed by atoms with Crippen LogP contribution in [0.5, 0.6) is 0 Å². The van der Waals surface area contributed by atoms with Gasteiger partial charge in [-0.25, -0.2) is 9.97 Å². The number of hydrogen-bond acceptors (Lipinski definition) is 6. The number of thioether (sulfide) groups is 1. The normalized spacial score (nSPS) is 11.7. The Kier molecular flexibility index (Phi) is 5.07. The largest absolute Gasteiger partial charge is 0.401 e. The summed E-state index contributed by atoms with van der Waals surface area (Å²) >= 11 is 1.21. The van der Waals surface area contributed by atoms with Gasteiger partial charge in [-0.3, -0.25) is 4.79 Å². The second-order valence-corrected chi connectivity index (χ2v) is 5.13. The molecule has 1 heterocycles. The SMILES string of the molecule is C/C(N)=C(/C#N)C(=O)CSc1nc(C)c(C)c(C)n1. The average molecular weight is 276 g/mol. The van der Waals surface area contributed by atoms with Crippen molar-refractivity contribution in [3.05, 3.63) is 28.2 Å². The van der Waals surface area contributed by atoms with Gasteiger partial charge in [-0.05, 0) is 33.3 Å². The molecule has 1 aromatic heterocycles. The van der Waals surface area contributed by atoms with Crippen LogP contribution in [0.25, 0.3) is 0 Å². The van der Waals surface area contributed by atoms with Crippen molar-refractivity contribution in [1.82, 2.24) is 9.97 Å². The van der Waals surface area contributed by atoms with E-state index >= 15 is 0 Å². The molecule has 2 N–H and O–H groups in total. The van der Waals surface area contributed by atoms with Crippen molar-refractivity contribution < 1.29 is 4.79 Å². The van der Waals surface area contributed by atoms with Crippen LogP contribution in [0.2, 0.25) is 0 Å². The summed E-state index contributed by atoms with van der Waals surface area (Å²) < 4.78 is 0. The summed E-state index contributed by atoms with van der Waals surface area (Å²) in [5.74, 6) is -0.189. The predicted molar refractivity (Wildman–Crippen MR) is 74.5 cm³/mol. The summed E-state index contributed by atoms with van der Waals surface area (Å²) in [4.78, 5) is 20.4. The molecule has 0 aromatic carbocycles. The van der Waals surface area contributed by atoms with E-state index in [1.54, 1.807) is 0 Å². The first-order chi connectivity index (χ1) is 8.86. The standard InChI is InChI=1S/C13H16N4OS/c1-7-9(3)16-13(17-10(7)4)19-6-12(18)11(5-14)8(2)15/h6,15H2,1-4H3/b11-8+. The van der Waals surface area contributed by atoms with Gasteiger partial charge in [0, 0.05) is 17.1 Å². The number of carbonyl (C=O) groups is 1. The molecule has 0 spiro atoms. The molecular formula is C13H16N4OS. The molecule has 0 unspecified atom stereocenters. The monoisotopic (exact) mass is 276 g/mol. The smallest absolute Gasteiger partial charge is 0.188 e. The van der Waals surface area contributed by atoms with E-state index in [-0.39, 0.29) is 22.8 Å². The van der Waals surface area contributed by atoms with E-state index in [4.69, 9.17) is 11.0 Å². The second kappa shape index (κ2) is 6.34. The number of Topliss-reactive ketones (excluding diaryl/α,β-unsaturated/α-hetero) is 1. The van der Waals surface area contributed by atoms with Crippen LogP contribution in [-0.4, -0.2) is 21.5 Å². The van der Waals surface area contributed by atoms with Gasteiger partial charge < -0.3 is 5.73 Å². The molecule has 0 bridgehead atoms. The molecule has 0 amide bonds. The van der Waals surface area contributed by atoms with Crippen LogP contribution < -0.4 is 5.73 Å². The van der Waals surface area contributed by atoms with E-state index in [1.807, 2.05) is 26.8 Å². The molecule has 0 saturated heterocycles. The van der Waals surface area contributed by atoms with Crippen LogP contribution in [0, 0.1) is 32.1 Å². The lowest BCUT2D eigenvalue weighted by Gasteiger charge is -2.06. The van der Waals surface area contributed by atoms with Crippen LogP contribution in [-0.2, 0) is 4.79 Å². The van der Waals surface area contributed by atoms with Gasteiger partial charge >= 0.3 is 0 Å². The minimum absolute atomic E-state index is 0.00746. The zero-order valence-corrected chi connectivity index (χ0v) is 12.3. The molecule has 1 aromatic rings. The minimum Gasteiger partial charge on any atom is -0.401 e. The lowest BCUT2D eigenvalue weighted by Crippen LogP contribution is -2.10. The molecule has 0 aliphatic carbocycles. The fraction of sp³-hybridized carbons (Fsp3) is 0.385. The summed E-state index contributed by atoms with van der Waals surface area (Å²) in [5, 5.41) is 9.38. The van der Waals surface area contributed by atoms with E-state index in [1.165, 1.54) is 18.7 Å². The number of nitrogens with two attached hydrogens (primary N) is 1. The van der Waals surface area contributed by atoms with Gasteiger partial charge in [0.2, 0.25) is 0 Å². The Labute approximate surface area is 116 Å². The van der Waals surface area contributed by atoms with Crippen molar-refractivity contribution in [2.24, 2.45) is 5.73 Å². The fourth-order valence-electron chi connectivity index (χ4n) is 1.38. The second-order valence-electron chi connectivity index (χ2n) is 4.18. The first kappa shape index (κ1) is 15.2. The van der Waals surface area contributed by atoms with E-state index in [9.17, 15) is 4.79 Å². The van der Waals surface area contributed by atoms with E-state index < -0.39 is 0 Å². The number of aromatic nitrogens is 2.